The normalized spacial score (nSPS) is 11.5. The molecule has 2 aromatic carbocycles. The number of terminal acetylenes is 1. The minimum absolute atomic E-state index is 0.315. The van der Waals surface area contributed by atoms with Gasteiger partial charge in [-0.3, -0.25) is 0 Å². The molecule has 0 radical (unpaired) electrons. The van der Waals surface area contributed by atoms with E-state index in [2.05, 4.69) is 22.8 Å². The zero-order chi connectivity index (χ0) is 20.3. The fraction of sp³-hybridized carbons (Fsp3) is 0.391. The Kier molecular flexibility index (Phi) is 5.60. The van der Waals surface area contributed by atoms with Crippen molar-refractivity contribution >= 4 is 27.9 Å². The molecule has 146 valence electrons. The molecule has 0 bridgehead atoms. The lowest BCUT2D eigenvalue weighted by Crippen LogP contribution is -2.37. The molecule has 3 aromatic rings. The van der Waals surface area contributed by atoms with Crippen LogP contribution in [0.2, 0.25) is 0 Å². The molecule has 0 atom stereocenters. The van der Waals surface area contributed by atoms with Gasteiger partial charge >= 0.3 is 6.09 Å². The molecule has 0 aliphatic carbocycles. The predicted molar refractivity (Wildman–Crippen MR) is 113 cm³/mol. The number of amides is 1. The number of hydrogen-bond donors (Lipinski definition) is 1. The van der Waals surface area contributed by atoms with Gasteiger partial charge in [0.05, 0.1) is 17.6 Å². The van der Waals surface area contributed by atoms with Gasteiger partial charge in [-0.1, -0.05) is 31.4 Å². The molecular formula is C23H27N3O2. The van der Waals surface area contributed by atoms with Gasteiger partial charge in [0.2, 0.25) is 0 Å². The average Bonchev–Trinajstić information content (AvgIpc) is 3.06. The highest BCUT2D eigenvalue weighted by atomic mass is 16.6. The van der Waals surface area contributed by atoms with Crippen LogP contribution in [-0.2, 0) is 11.3 Å². The molecule has 0 fully saturated rings. The lowest BCUT2D eigenvalue weighted by molar-refractivity contribution is 0.0227. The van der Waals surface area contributed by atoms with Crippen LogP contribution in [0.5, 0.6) is 0 Å². The Morgan fingerprint density at radius 2 is 2.07 bits per heavy atom. The smallest absolute Gasteiger partial charge is 0.410 e. The number of benzene rings is 2. The summed E-state index contributed by atoms with van der Waals surface area (Å²) in [5.41, 5.74) is 2.15. The molecule has 0 spiro atoms. The Hall–Kier alpha value is -3.00. The number of carbonyl (C=O) groups is 1. The fourth-order valence-corrected chi connectivity index (χ4v) is 3.12. The number of imidazole rings is 1. The minimum atomic E-state index is -0.527. The fourth-order valence-electron chi connectivity index (χ4n) is 3.12. The van der Waals surface area contributed by atoms with Crippen molar-refractivity contribution in [2.75, 3.05) is 6.54 Å². The molecular weight excluding hydrogens is 350 g/mol. The molecule has 5 heteroatoms. The number of rotatable bonds is 5. The van der Waals surface area contributed by atoms with E-state index < -0.39 is 5.60 Å². The van der Waals surface area contributed by atoms with E-state index in [1.807, 2.05) is 51.1 Å². The van der Waals surface area contributed by atoms with Gasteiger partial charge in [-0.15, -0.1) is 6.42 Å². The number of carbonyl (C=O) groups excluding carboxylic acids is 1. The first-order valence-corrected chi connectivity index (χ1v) is 9.66. The van der Waals surface area contributed by atoms with E-state index in [0.29, 0.717) is 13.1 Å². The molecule has 0 saturated heterocycles. The van der Waals surface area contributed by atoms with Crippen molar-refractivity contribution in [3.8, 4) is 12.3 Å². The molecule has 0 saturated carbocycles. The molecule has 1 aromatic heterocycles. The standard InChI is InChI=1S/C23H27N3O2/c1-6-8-13-26(22(27)28-23(3,4)5)15-20-24-19-12-10-17-14-16(7-2)9-11-18(17)21(19)25-20/h2,9-12,14H,6,8,13,15H2,1,3-5H3,(H,24,25). The average molecular weight is 377 g/mol. The van der Waals surface area contributed by atoms with Crippen LogP contribution in [0.4, 0.5) is 4.79 Å². The predicted octanol–water partition coefficient (Wildman–Crippen LogP) is 5.23. The number of hydrogen-bond acceptors (Lipinski definition) is 3. The SMILES string of the molecule is C#Cc1ccc2c(ccc3nc(CN(CCCC)C(=O)OC(C)(C)C)[nH]c32)c1. The number of aromatic nitrogens is 2. The zero-order valence-corrected chi connectivity index (χ0v) is 17.0. The molecule has 1 heterocycles. The number of nitrogens with one attached hydrogen (secondary N) is 1. The largest absolute Gasteiger partial charge is 0.444 e. The number of aromatic amines is 1. The third-order valence-corrected chi connectivity index (χ3v) is 4.46. The minimum Gasteiger partial charge on any atom is -0.444 e. The molecule has 3 rings (SSSR count). The van der Waals surface area contributed by atoms with Crippen LogP contribution in [0.15, 0.2) is 30.3 Å². The molecule has 1 N–H and O–H groups in total. The molecule has 0 aliphatic rings. The summed E-state index contributed by atoms with van der Waals surface area (Å²) in [6.07, 6.45) is 7.11. The number of nitrogens with zero attached hydrogens (tertiary/aromatic N) is 2. The van der Waals surface area contributed by atoms with Gasteiger partial charge in [0.15, 0.2) is 0 Å². The maximum Gasteiger partial charge on any atom is 0.410 e. The van der Waals surface area contributed by atoms with Crippen LogP contribution < -0.4 is 0 Å². The van der Waals surface area contributed by atoms with Crippen molar-refractivity contribution in [3.05, 3.63) is 41.7 Å². The summed E-state index contributed by atoms with van der Waals surface area (Å²) in [7, 11) is 0. The van der Waals surface area contributed by atoms with Crippen LogP contribution >= 0.6 is 0 Å². The molecule has 1 amide bonds. The van der Waals surface area contributed by atoms with Crippen LogP contribution in [0.3, 0.4) is 0 Å². The van der Waals surface area contributed by atoms with Gasteiger partial charge in [0.25, 0.3) is 0 Å². The molecule has 5 nitrogen and oxygen atoms in total. The number of H-pyrrole nitrogens is 1. The Labute approximate surface area is 166 Å². The van der Waals surface area contributed by atoms with Crippen molar-refractivity contribution in [1.29, 1.82) is 0 Å². The maximum atomic E-state index is 12.6. The second kappa shape index (κ2) is 7.93. The summed E-state index contributed by atoms with van der Waals surface area (Å²) >= 11 is 0. The Bertz CT molecular complexity index is 1040. The highest BCUT2D eigenvalue weighted by Gasteiger charge is 2.23. The van der Waals surface area contributed by atoms with E-state index >= 15 is 0 Å². The van der Waals surface area contributed by atoms with Crippen LogP contribution in [0, 0.1) is 12.3 Å². The van der Waals surface area contributed by atoms with Gasteiger partial charge in [-0.05, 0) is 50.8 Å². The van der Waals surface area contributed by atoms with Crippen molar-refractivity contribution in [3.63, 3.8) is 0 Å². The summed E-state index contributed by atoms with van der Waals surface area (Å²) < 4.78 is 5.57. The quantitative estimate of drug-likeness (QED) is 0.619. The highest BCUT2D eigenvalue weighted by Crippen LogP contribution is 2.25. The highest BCUT2D eigenvalue weighted by molar-refractivity contribution is 6.04. The van der Waals surface area contributed by atoms with Crippen LogP contribution in [-0.4, -0.2) is 33.1 Å². The first-order chi connectivity index (χ1) is 13.3. The first kappa shape index (κ1) is 19.8. The zero-order valence-electron chi connectivity index (χ0n) is 17.0. The number of fused-ring (bicyclic) bond motifs is 3. The van der Waals surface area contributed by atoms with Crippen molar-refractivity contribution in [2.45, 2.75) is 52.7 Å². The summed E-state index contributed by atoms with van der Waals surface area (Å²) in [5, 5.41) is 2.13. The van der Waals surface area contributed by atoms with E-state index in [-0.39, 0.29) is 6.09 Å². The monoisotopic (exact) mass is 377 g/mol. The van der Waals surface area contributed by atoms with Crippen molar-refractivity contribution < 1.29 is 9.53 Å². The van der Waals surface area contributed by atoms with Gasteiger partial charge in [0.1, 0.15) is 11.4 Å². The maximum absolute atomic E-state index is 12.6. The van der Waals surface area contributed by atoms with Crippen LogP contribution in [0.1, 0.15) is 51.9 Å². The number of unbranched alkanes of at least 4 members (excludes halogenated alkanes) is 1. The Balaban J connectivity index is 1.91. The Morgan fingerprint density at radius 1 is 1.29 bits per heavy atom. The third kappa shape index (κ3) is 4.45. The summed E-state index contributed by atoms with van der Waals surface area (Å²) in [5.74, 6) is 3.41. The lowest BCUT2D eigenvalue weighted by Gasteiger charge is -2.26. The van der Waals surface area contributed by atoms with Gasteiger partial charge in [-0.2, -0.15) is 0 Å². The summed E-state index contributed by atoms with van der Waals surface area (Å²) in [6.45, 7) is 8.75. The van der Waals surface area contributed by atoms with Gasteiger partial charge in [0, 0.05) is 17.5 Å². The van der Waals surface area contributed by atoms with E-state index in [4.69, 9.17) is 11.2 Å². The van der Waals surface area contributed by atoms with Crippen LogP contribution in [0.25, 0.3) is 21.8 Å². The molecule has 0 aliphatic heterocycles. The topological polar surface area (TPSA) is 58.2 Å². The van der Waals surface area contributed by atoms with Crippen molar-refractivity contribution in [2.24, 2.45) is 0 Å². The third-order valence-electron chi connectivity index (χ3n) is 4.46. The lowest BCUT2D eigenvalue weighted by atomic mass is 10.1. The molecule has 28 heavy (non-hydrogen) atoms. The molecule has 0 unspecified atom stereocenters. The van der Waals surface area contributed by atoms with E-state index in [1.165, 1.54) is 0 Å². The van der Waals surface area contributed by atoms with E-state index in [1.54, 1.807) is 4.90 Å². The first-order valence-electron chi connectivity index (χ1n) is 9.66. The summed E-state index contributed by atoms with van der Waals surface area (Å²) in [4.78, 5) is 22.4. The second-order valence-corrected chi connectivity index (χ2v) is 7.98. The van der Waals surface area contributed by atoms with E-state index in [9.17, 15) is 4.79 Å². The van der Waals surface area contributed by atoms with Gasteiger partial charge in [-0.25, -0.2) is 9.78 Å². The summed E-state index contributed by atoms with van der Waals surface area (Å²) in [6, 6.07) is 9.92. The van der Waals surface area contributed by atoms with E-state index in [0.717, 1.165) is 46.0 Å². The van der Waals surface area contributed by atoms with Gasteiger partial charge < -0.3 is 14.6 Å². The van der Waals surface area contributed by atoms with Crippen molar-refractivity contribution in [1.82, 2.24) is 14.9 Å². The Morgan fingerprint density at radius 3 is 2.75 bits per heavy atom. The number of ether oxygens (including phenoxy) is 1. The second-order valence-electron chi connectivity index (χ2n) is 7.98.